The molecule has 0 radical (unpaired) electrons. The van der Waals surface area contributed by atoms with E-state index in [0.717, 1.165) is 25.2 Å². The van der Waals surface area contributed by atoms with Crippen LogP contribution in [0.4, 0.5) is 0 Å². The van der Waals surface area contributed by atoms with E-state index in [4.69, 9.17) is 0 Å². The minimum atomic E-state index is 0.167. The summed E-state index contributed by atoms with van der Waals surface area (Å²) in [6, 6.07) is 4.29. The zero-order valence-electron chi connectivity index (χ0n) is 11.2. The highest BCUT2D eigenvalue weighted by atomic mass is 32.1. The highest BCUT2D eigenvalue weighted by molar-refractivity contribution is 7.10. The van der Waals surface area contributed by atoms with Gasteiger partial charge in [0.1, 0.15) is 0 Å². The molecule has 0 atom stereocenters. The van der Waals surface area contributed by atoms with Gasteiger partial charge in [-0.2, -0.15) is 0 Å². The summed E-state index contributed by atoms with van der Waals surface area (Å²) >= 11 is 3.59. The van der Waals surface area contributed by atoms with Crippen LogP contribution in [0.3, 0.4) is 0 Å². The maximum atomic E-state index is 4.67. The minimum absolute atomic E-state index is 0.167. The molecular weight excluding hydrogens is 260 g/mol. The van der Waals surface area contributed by atoms with Crippen LogP contribution in [0.15, 0.2) is 22.9 Å². The smallest absolute Gasteiger partial charge is 0.0982 e. The van der Waals surface area contributed by atoms with Crippen LogP contribution in [-0.2, 0) is 18.4 Å². The van der Waals surface area contributed by atoms with Gasteiger partial charge in [0.15, 0.2) is 0 Å². The van der Waals surface area contributed by atoms with Gasteiger partial charge in [0.2, 0.25) is 0 Å². The maximum absolute atomic E-state index is 4.67. The zero-order chi connectivity index (χ0) is 13.0. The van der Waals surface area contributed by atoms with Crippen LogP contribution in [0, 0.1) is 0 Å². The Morgan fingerprint density at radius 1 is 1.28 bits per heavy atom. The summed E-state index contributed by atoms with van der Waals surface area (Å²) in [5.74, 6) is 0. The Balaban J connectivity index is 1.75. The average Bonchev–Trinajstić information content (AvgIpc) is 2.95. The summed E-state index contributed by atoms with van der Waals surface area (Å²) in [6.07, 6.45) is 1.11. The molecule has 0 aliphatic carbocycles. The first-order valence-electron chi connectivity index (χ1n) is 6.24. The molecule has 2 aromatic heterocycles. The van der Waals surface area contributed by atoms with Gasteiger partial charge in [-0.1, -0.05) is 26.8 Å². The molecule has 0 aromatic carbocycles. The standard InChI is InChI=1S/C14H20N2S2/c1-14(2,3)13-16-11(10-18-13)9-15-7-6-12-5-4-8-17-12/h4-5,8,10,15H,6-7,9H2,1-3H3. The highest BCUT2D eigenvalue weighted by Crippen LogP contribution is 2.25. The number of thiophene rings is 1. The van der Waals surface area contributed by atoms with Crippen LogP contribution >= 0.6 is 22.7 Å². The highest BCUT2D eigenvalue weighted by Gasteiger charge is 2.17. The van der Waals surface area contributed by atoms with Gasteiger partial charge in [0.05, 0.1) is 10.7 Å². The molecule has 0 aliphatic rings. The first-order chi connectivity index (χ1) is 8.55. The van der Waals surface area contributed by atoms with Gasteiger partial charge in [-0.25, -0.2) is 4.98 Å². The summed E-state index contributed by atoms with van der Waals surface area (Å²) in [5.41, 5.74) is 1.33. The fraction of sp³-hybridized carbons (Fsp3) is 0.500. The third kappa shape index (κ3) is 3.90. The van der Waals surface area contributed by atoms with Gasteiger partial charge in [-0.3, -0.25) is 0 Å². The molecule has 0 spiro atoms. The lowest BCUT2D eigenvalue weighted by Crippen LogP contribution is -2.17. The van der Waals surface area contributed by atoms with E-state index in [-0.39, 0.29) is 5.41 Å². The quantitative estimate of drug-likeness (QED) is 0.842. The SMILES string of the molecule is CC(C)(C)c1nc(CNCCc2cccs2)cs1. The van der Waals surface area contributed by atoms with E-state index >= 15 is 0 Å². The van der Waals surface area contributed by atoms with E-state index in [1.807, 2.05) is 11.3 Å². The van der Waals surface area contributed by atoms with Gasteiger partial charge < -0.3 is 5.32 Å². The van der Waals surface area contributed by atoms with Crippen molar-refractivity contribution in [2.75, 3.05) is 6.54 Å². The van der Waals surface area contributed by atoms with Crippen molar-refractivity contribution >= 4 is 22.7 Å². The van der Waals surface area contributed by atoms with Crippen LogP contribution in [0.2, 0.25) is 0 Å². The molecule has 2 nitrogen and oxygen atoms in total. The molecule has 0 saturated carbocycles. The lowest BCUT2D eigenvalue weighted by Gasteiger charge is -2.13. The van der Waals surface area contributed by atoms with Crippen molar-refractivity contribution in [2.45, 2.75) is 39.2 Å². The van der Waals surface area contributed by atoms with Crippen molar-refractivity contribution in [1.29, 1.82) is 0 Å². The number of hydrogen-bond donors (Lipinski definition) is 1. The van der Waals surface area contributed by atoms with Crippen LogP contribution in [-0.4, -0.2) is 11.5 Å². The third-order valence-electron chi connectivity index (χ3n) is 2.63. The van der Waals surface area contributed by atoms with E-state index in [0.29, 0.717) is 0 Å². The lowest BCUT2D eigenvalue weighted by molar-refractivity contribution is 0.579. The molecule has 2 rings (SSSR count). The normalized spacial score (nSPS) is 11.9. The van der Waals surface area contributed by atoms with Gasteiger partial charge in [0.25, 0.3) is 0 Å². The maximum Gasteiger partial charge on any atom is 0.0982 e. The lowest BCUT2D eigenvalue weighted by atomic mass is 9.98. The topological polar surface area (TPSA) is 24.9 Å². The first kappa shape index (κ1) is 13.7. The predicted octanol–water partition coefficient (Wildman–Crippen LogP) is 3.83. The molecule has 1 N–H and O–H groups in total. The molecule has 0 saturated heterocycles. The Morgan fingerprint density at radius 2 is 2.11 bits per heavy atom. The van der Waals surface area contributed by atoms with E-state index in [1.54, 1.807) is 11.3 Å². The zero-order valence-corrected chi connectivity index (χ0v) is 12.8. The Kier molecular flexibility index (Phi) is 4.54. The van der Waals surface area contributed by atoms with Crippen molar-refractivity contribution in [1.82, 2.24) is 10.3 Å². The molecule has 18 heavy (non-hydrogen) atoms. The second kappa shape index (κ2) is 5.95. The Bertz CT molecular complexity index is 466. The summed E-state index contributed by atoms with van der Waals surface area (Å²) in [7, 11) is 0. The molecule has 0 bridgehead atoms. The fourth-order valence-electron chi connectivity index (χ4n) is 1.62. The monoisotopic (exact) mass is 280 g/mol. The van der Waals surface area contributed by atoms with E-state index in [9.17, 15) is 0 Å². The second-order valence-electron chi connectivity index (χ2n) is 5.40. The van der Waals surface area contributed by atoms with E-state index < -0.39 is 0 Å². The number of hydrogen-bond acceptors (Lipinski definition) is 4. The molecule has 2 aromatic rings. The van der Waals surface area contributed by atoms with Crippen LogP contribution in [0.1, 0.15) is 36.3 Å². The molecule has 0 fully saturated rings. The van der Waals surface area contributed by atoms with Crippen LogP contribution < -0.4 is 5.32 Å². The average molecular weight is 280 g/mol. The molecular formula is C14H20N2S2. The van der Waals surface area contributed by atoms with Crippen molar-refractivity contribution in [3.63, 3.8) is 0 Å². The Hall–Kier alpha value is -0.710. The first-order valence-corrected chi connectivity index (χ1v) is 7.99. The molecule has 2 heterocycles. The number of nitrogens with one attached hydrogen (secondary N) is 1. The fourth-order valence-corrected chi connectivity index (χ4v) is 3.23. The van der Waals surface area contributed by atoms with Crippen molar-refractivity contribution < 1.29 is 0 Å². The summed E-state index contributed by atoms with van der Waals surface area (Å²) in [4.78, 5) is 6.12. The number of rotatable bonds is 5. The van der Waals surface area contributed by atoms with Gasteiger partial charge >= 0.3 is 0 Å². The predicted molar refractivity (Wildman–Crippen MR) is 80.5 cm³/mol. The van der Waals surface area contributed by atoms with E-state index in [2.05, 4.69) is 54.0 Å². The van der Waals surface area contributed by atoms with Gasteiger partial charge in [-0.15, -0.1) is 22.7 Å². The summed E-state index contributed by atoms with van der Waals surface area (Å²) < 4.78 is 0. The third-order valence-corrected chi connectivity index (χ3v) is 4.88. The van der Waals surface area contributed by atoms with Gasteiger partial charge in [0, 0.05) is 28.8 Å². The van der Waals surface area contributed by atoms with E-state index in [1.165, 1.54) is 9.88 Å². The van der Waals surface area contributed by atoms with Crippen molar-refractivity contribution in [3.05, 3.63) is 38.5 Å². The number of thiazole rings is 1. The Morgan fingerprint density at radius 3 is 2.72 bits per heavy atom. The number of nitrogens with zero attached hydrogens (tertiary/aromatic N) is 1. The summed E-state index contributed by atoms with van der Waals surface area (Å²) in [6.45, 7) is 8.51. The largest absolute Gasteiger partial charge is 0.311 e. The minimum Gasteiger partial charge on any atom is -0.311 e. The number of aromatic nitrogens is 1. The molecule has 0 amide bonds. The van der Waals surface area contributed by atoms with Crippen LogP contribution in [0.25, 0.3) is 0 Å². The molecule has 4 heteroatoms. The molecule has 98 valence electrons. The molecule has 0 unspecified atom stereocenters. The molecule has 0 aliphatic heterocycles. The van der Waals surface area contributed by atoms with Crippen LogP contribution in [0.5, 0.6) is 0 Å². The van der Waals surface area contributed by atoms with Gasteiger partial charge in [-0.05, 0) is 17.9 Å². The summed E-state index contributed by atoms with van der Waals surface area (Å²) in [5, 5.41) is 8.97. The van der Waals surface area contributed by atoms with Crippen molar-refractivity contribution in [2.24, 2.45) is 0 Å². The second-order valence-corrected chi connectivity index (χ2v) is 7.29. The van der Waals surface area contributed by atoms with Crippen molar-refractivity contribution in [3.8, 4) is 0 Å². The Labute approximate surface area is 117 Å².